The first-order chi connectivity index (χ1) is 9.16. The Morgan fingerprint density at radius 2 is 2.05 bits per heavy atom. The molecule has 0 unspecified atom stereocenters. The van der Waals surface area contributed by atoms with E-state index in [2.05, 4.69) is 23.9 Å². The Morgan fingerprint density at radius 3 is 2.60 bits per heavy atom. The molecule has 0 saturated heterocycles. The lowest BCUT2D eigenvalue weighted by Gasteiger charge is -2.24. The van der Waals surface area contributed by atoms with E-state index >= 15 is 0 Å². The number of methoxy groups -OCH3 is 1. The van der Waals surface area contributed by atoms with Crippen LogP contribution in [0.1, 0.15) is 32.6 Å². The van der Waals surface area contributed by atoms with Crippen LogP contribution in [0.3, 0.4) is 0 Å². The Kier molecular flexibility index (Phi) is 6.15. The van der Waals surface area contributed by atoms with Crippen molar-refractivity contribution in [1.29, 1.82) is 0 Å². The van der Waals surface area contributed by atoms with Crippen molar-refractivity contribution in [2.24, 2.45) is 0 Å². The predicted molar refractivity (Wildman–Crippen MR) is 82.6 cm³/mol. The predicted octanol–water partition coefficient (Wildman–Crippen LogP) is 1.95. The minimum Gasteiger partial charge on any atom is -0.383 e. The van der Waals surface area contributed by atoms with Crippen LogP contribution in [-0.2, 0) is 21.3 Å². The highest BCUT2D eigenvalue weighted by Gasteiger charge is 2.26. The van der Waals surface area contributed by atoms with Crippen LogP contribution in [0, 0.1) is 0 Å². The van der Waals surface area contributed by atoms with Gasteiger partial charge in [0.1, 0.15) is 0 Å². The molecule has 0 saturated carbocycles. The molecular weight excluding hydrogens is 296 g/mol. The molecule has 0 aromatic carbocycles. The highest BCUT2D eigenvalue weighted by atomic mass is 32.2. The summed E-state index contributed by atoms with van der Waals surface area (Å²) in [5, 5.41) is 4.94. The number of ether oxygens (including phenoxy) is 1. The maximum absolute atomic E-state index is 12.3. The van der Waals surface area contributed by atoms with E-state index in [1.54, 1.807) is 32.4 Å². The van der Waals surface area contributed by atoms with Gasteiger partial charge in [0.25, 0.3) is 0 Å². The normalized spacial score (nSPS) is 13.1. The summed E-state index contributed by atoms with van der Waals surface area (Å²) in [5.74, 6) is 0. The first kappa shape index (κ1) is 17.6. The molecule has 0 aliphatic rings. The third-order valence-electron chi connectivity index (χ3n) is 2.54. The van der Waals surface area contributed by atoms with Gasteiger partial charge < -0.3 is 10.1 Å². The molecule has 0 aliphatic carbocycles. The number of rotatable bonds is 8. The number of hydrogen-bond donors (Lipinski definition) is 2. The average molecular weight is 320 g/mol. The van der Waals surface area contributed by atoms with E-state index in [4.69, 9.17) is 4.74 Å². The Bertz CT molecular complexity index is 521. The van der Waals surface area contributed by atoms with Gasteiger partial charge in [0.2, 0.25) is 10.0 Å². The Morgan fingerprint density at radius 1 is 1.40 bits per heavy atom. The SMILES string of the molecule is COCC(C)(C)NS(=O)(=O)c1csc(CNC(C)C)c1. The van der Waals surface area contributed by atoms with Crippen LogP contribution < -0.4 is 10.0 Å². The minimum atomic E-state index is -3.51. The topological polar surface area (TPSA) is 67.4 Å². The molecule has 0 spiro atoms. The fourth-order valence-electron chi connectivity index (χ4n) is 1.71. The van der Waals surface area contributed by atoms with Crippen molar-refractivity contribution in [2.75, 3.05) is 13.7 Å². The number of sulfonamides is 1. The number of thiophene rings is 1. The zero-order valence-corrected chi connectivity index (χ0v) is 14.3. The fraction of sp³-hybridized carbons (Fsp3) is 0.692. The Balaban J connectivity index is 2.78. The third-order valence-corrected chi connectivity index (χ3v) is 5.30. The van der Waals surface area contributed by atoms with Crippen LogP contribution in [-0.4, -0.2) is 33.7 Å². The van der Waals surface area contributed by atoms with E-state index in [1.807, 2.05) is 0 Å². The lowest BCUT2D eigenvalue weighted by atomic mass is 10.1. The zero-order chi connectivity index (χ0) is 15.4. The molecule has 0 aliphatic heterocycles. The molecule has 1 aromatic rings. The maximum Gasteiger partial charge on any atom is 0.241 e. The van der Waals surface area contributed by atoms with Crippen molar-refractivity contribution in [1.82, 2.24) is 10.0 Å². The molecule has 20 heavy (non-hydrogen) atoms. The monoisotopic (exact) mass is 320 g/mol. The molecule has 7 heteroatoms. The van der Waals surface area contributed by atoms with Crippen molar-refractivity contribution in [3.05, 3.63) is 16.3 Å². The van der Waals surface area contributed by atoms with Crippen LogP contribution in [0.4, 0.5) is 0 Å². The molecule has 0 bridgehead atoms. The Labute approximate surface area is 125 Å². The lowest BCUT2D eigenvalue weighted by Crippen LogP contribution is -2.46. The Hall–Kier alpha value is -0.470. The summed E-state index contributed by atoms with van der Waals surface area (Å²) in [6, 6.07) is 2.08. The molecule has 1 rings (SSSR count). The second-order valence-electron chi connectivity index (χ2n) is 5.71. The van der Waals surface area contributed by atoms with Gasteiger partial charge in [-0.15, -0.1) is 11.3 Å². The van der Waals surface area contributed by atoms with E-state index in [-0.39, 0.29) is 0 Å². The third kappa shape index (κ3) is 5.49. The van der Waals surface area contributed by atoms with Crippen molar-refractivity contribution in [3.8, 4) is 0 Å². The zero-order valence-electron chi connectivity index (χ0n) is 12.7. The van der Waals surface area contributed by atoms with Crippen LogP contribution in [0.5, 0.6) is 0 Å². The number of nitrogens with one attached hydrogen (secondary N) is 2. The summed E-state index contributed by atoms with van der Waals surface area (Å²) >= 11 is 1.44. The number of hydrogen-bond acceptors (Lipinski definition) is 5. The van der Waals surface area contributed by atoms with Crippen molar-refractivity contribution >= 4 is 21.4 Å². The van der Waals surface area contributed by atoms with Crippen LogP contribution >= 0.6 is 11.3 Å². The van der Waals surface area contributed by atoms with Gasteiger partial charge in [-0.25, -0.2) is 13.1 Å². The summed E-state index contributed by atoms with van der Waals surface area (Å²) in [6.07, 6.45) is 0. The van der Waals surface area contributed by atoms with E-state index in [0.29, 0.717) is 24.1 Å². The largest absolute Gasteiger partial charge is 0.383 e. The first-order valence-electron chi connectivity index (χ1n) is 6.50. The summed E-state index contributed by atoms with van der Waals surface area (Å²) in [6.45, 7) is 8.70. The highest BCUT2D eigenvalue weighted by Crippen LogP contribution is 2.21. The average Bonchev–Trinajstić information content (AvgIpc) is 2.73. The second kappa shape index (κ2) is 7.00. The molecule has 0 radical (unpaired) electrons. The van der Waals surface area contributed by atoms with Crippen LogP contribution in [0.15, 0.2) is 16.3 Å². The summed E-state index contributed by atoms with van der Waals surface area (Å²) in [4.78, 5) is 1.32. The molecule has 5 nitrogen and oxygen atoms in total. The molecule has 2 N–H and O–H groups in total. The molecule has 1 heterocycles. The van der Waals surface area contributed by atoms with Crippen molar-refractivity contribution in [2.45, 2.75) is 50.7 Å². The summed E-state index contributed by atoms with van der Waals surface area (Å²) < 4.78 is 32.3. The molecule has 0 fully saturated rings. The standard InChI is InChI=1S/C13H24N2O3S2/c1-10(2)14-7-11-6-12(8-19-11)20(16,17)15-13(3,4)9-18-5/h6,8,10,14-15H,7,9H2,1-5H3. The molecular formula is C13H24N2O3S2. The van der Waals surface area contributed by atoms with Gasteiger partial charge >= 0.3 is 0 Å². The van der Waals surface area contributed by atoms with Gasteiger partial charge in [0, 0.05) is 30.0 Å². The summed E-state index contributed by atoms with van der Waals surface area (Å²) in [7, 11) is -1.95. The molecule has 0 atom stereocenters. The van der Waals surface area contributed by atoms with Crippen LogP contribution in [0.25, 0.3) is 0 Å². The molecule has 0 amide bonds. The van der Waals surface area contributed by atoms with Gasteiger partial charge in [-0.2, -0.15) is 0 Å². The van der Waals surface area contributed by atoms with E-state index in [0.717, 1.165) is 4.88 Å². The lowest BCUT2D eigenvalue weighted by molar-refractivity contribution is 0.141. The smallest absolute Gasteiger partial charge is 0.241 e. The van der Waals surface area contributed by atoms with E-state index < -0.39 is 15.6 Å². The van der Waals surface area contributed by atoms with Crippen LogP contribution in [0.2, 0.25) is 0 Å². The van der Waals surface area contributed by atoms with Gasteiger partial charge in [0.15, 0.2) is 0 Å². The van der Waals surface area contributed by atoms with Crippen molar-refractivity contribution in [3.63, 3.8) is 0 Å². The second-order valence-corrected chi connectivity index (χ2v) is 8.38. The van der Waals surface area contributed by atoms with E-state index in [1.165, 1.54) is 11.3 Å². The molecule has 116 valence electrons. The first-order valence-corrected chi connectivity index (χ1v) is 8.86. The van der Waals surface area contributed by atoms with Gasteiger partial charge in [-0.3, -0.25) is 0 Å². The quantitative estimate of drug-likeness (QED) is 0.768. The maximum atomic E-state index is 12.3. The highest BCUT2D eigenvalue weighted by molar-refractivity contribution is 7.89. The van der Waals surface area contributed by atoms with Gasteiger partial charge in [-0.1, -0.05) is 13.8 Å². The van der Waals surface area contributed by atoms with Gasteiger partial charge in [-0.05, 0) is 19.9 Å². The van der Waals surface area contributed by atoms with Gasteiger partial charge in [0.05, 0.1) is 17.0 Å². The van der Waals surface area contributed by atoms with Crippen molar-refractivity contribution < 1.29 is 13.2 Å². The molecule has 1 aromatic heterocycles. The minimum absolute atomic E-state index is 0.312. The summed E-state index contributed by atoms with van der Waals surface area (Å²) in [5.41, 5.74) is -0.633. The van der Waals surface area contributed by atoms with E-state index in [9.17, 15) is 8.42 Å². The fourth-order valence-corrected chi connectivity index (χ4v) is 4.34.